The van der Waals surface area contributed by atoms with Crippen molar-refractivity contribution in [2.24, 2.45) is 0 Å². The van der Waals surface area contributed by atoms with Gasteiger partial charge < -0.3 is 14.6 Å². The van der Waals surface area contributed by atoms with Crippen LogP contribution in [0.3, 0.4) is 0 Å². The number of aryl methyl sites for hydroxylation is 1. The highest BCUT2D eigenvalue weighted by Gasteiger charge is 2.16. The SMILES string of the molecule is CCCNS(=O)(=O)c1ccc(OCC(=O)Nc2ccc3c(c2)c2ccccc2n3CC)c(Cl)c1. The van der Waals surface area contributed by atoms with Gasteiger partial charge in [-0.2, -0.15) is 0 Å². The summed E-state index contributed by atoms with van der Waals surface area (Å²) in [6.07, 6.45) is 0.677. The lowest BCUT2D eigenvalue weighted by Gasteiger charge is -2.11. The number of carbonyl (C=O) groups excluding carboxylic acids is 1. The molecule has 7 nitrogen and oxygen atoms in total. The van der Waals surface area contributed by atoms with Crippen LogP contribution in [0.4, 0.5) is 5.69 Å². The van der Waals surface area contributed by atoms with Crippen LogP contribution in [0, 0.1) is 0 Å². The van der Waals surface area contributed by atoms with Gasteiger partial charge in [-0.3, -0.25) is 4.79 Å². The molecule has 0 aliphatic heterocycles. The second-order valence-electron chi connectivity index (χ2n) is 7.82. The lowest BCUT2D eigenvalue weighted by molar-refractivity contribution is -0.118. The van der Waals surface area contributed by atoms with Gasteiger partial charge in [-0.05, 0) is 55.8 Å². The first kappa shape index (κ1) is 24.1. The topological polar surface area (TPSA) is 89.4 Å². The Labute approximate surface area is 203 Å². The quantitative estimate of drug-likeness (QED) is 0.332. The largest absolute Gasteiger partial charge is 0.482 e. The van der Waals surface area contributed by atoms with E-state index in [1.165, 1.54) is 18.2 Å². The van der Waals surface area contributed by atoms with Crippen molar-refractivity contribution < 1.29 is 17.9 Å². The summed E-state index contributed by atoms with van der Waals surface area (Å²) < 4.78 is 34.7. The molecule has 0 unspecified atom stereocenters. The number of ether oxygens (including phenoxy) is 1. The molecule has 0 aliphatic rings. The van der Waals surface area contributed by atoms with E-state index in [-0.39, 0.29) is 28.2 Å². The summed E-state index contributed by atoms with van der Waals surface area (Å²) in [6.45, 7) is 4.89. The monoisotopic (exact) mass is 499 g/mol. The van der Waals surface area contributed by atoms with Crippen LogP contribution in [0.5, 0.6) is 5.75 Å². The zero-order chi connectivity index (χ0) is 24.3. The van der Waals surface area contributed by atoms with Crippen LogP contribution in [-0.2, 0) is 21.4 Å². The maximum atomic E-state index is 12.5. The molecule has 1 heterocycles. The van der Waals surface area contributed by atoms with Crippen molar-refractivity contribution >= 4 is 55.0 Å². The molecule has 178 valence electrons. The molecule has 34 heavy (non-hydrogen) atoms. The number of amides is 1. The molecule has 0 aliphatic carbocycles. The number of benzene rings is 3. The number of anilines is 1. The van der Waals surface area contributed by atoms with Gasteiger partial charge in [0.2, 0.25) is 10.0 Å². The Morgan fingerprint density at radius 1 is 1.00 bits per heavy atom. The van der Waals surface area contributed by atoms with E-state index < -0.39 is 10.0 Å². The smallest absolute Gasteiger partial charge is 0.262 e. The minimum absolute atomic E-state index is 0.0438. The summed E-state index contributed by atoms with van der Waals surface area (Å²) >= 11 is 6.20. The fraction of sp³-hybridized carbons (Fsp3) is 0.240. The van der Waals surface area contributed by atoms with Gasteiger partial charge in [-0.25, -0.2) is 13.1 Å². The van der Waals surface area contributed by atoms with E-state index in [0.29, 0.717) is 18.7 Å². The van der Waals surface area contributed by atoms with Gasteiger partial charge in [0.15, 0.2) is 6.61 Å². The molecular formula is C25H26ClN3O4S. The van der Waals surface area contributed by atoms with E-state index in [4.69, 9.17) is 16.3 Å². The van der Waals surface area contributed by atoms with Crippen molar-refractivity contribution in [2.75, 3.05) is 18.5 Å². The normalized spacial score (nSPS) is 11.7. The fourth-order valence-electron chi connectivity index (χ4n) is 3.90. The van der Waals surface area contributed by atoms with E-state index in [1.807, 2.05) is 37.3 Å². The third-order valence-electron chi connectivity index (χ3n) is 5.49. The number of fused-ring (bicyclic) bond motifs is 3. The van der Waals surface area contributed by atoms with Crippen molar-refractivity contribution in [3.63, 3.8) is 0 Å². The first-order valence-electron chi connectivity index (χ1n) is 11.1. The molecule has 4 aromatic rings. The van der Waals surface area contributed by atoms with Gasteiger partial charge >= 0.3 is 0 Å². The molecule has 0 saturated heterocycles. The van der Waals surface area contributed by atoms with Crippen LogP contribution < -0.4 is 14.8 Å². The number of nitrogens with one attached hydrogen (secondary N) is 2. The Hall–Kier alpha value is -3.07. The van der Waals surface area contributed by atoms with Crippen LogP contribution in [-0.4, -0.2) is 32.0 Å². The average molecular weight is 500 g/mol. The first-order valence-corrected chi connectivity index (χ1v) is 12.9. The molecule has 0 radical (unpaired) electrons. The highest BCUT2D eigenvalue weighted by molar-refractivity contribution is 7.89. The Bertz CT molecular complexity index is 1460. The Balaban J connectivity index is 1.46. The molecular weight excluding hydrogens is 474 g/mol. The second kappa shape index (κ2) is 10.0. The number of rotatable bonds is 9. The molecule has 2 N–H and O–H groups in total. The fourth-order valence-corrected chi connectivity index (χ4v) is 5.36. The lowest BCUT2D eigenvalue weighted by atomic mass is 10.1. The third-order valence-corrected chi connectivity index (χ3v) is 7.24. The molecule has 0 fully saturated rings. The molecule has 0 atom stereocenters. The van der Waals surface area contributed by atoms with Crippen LogP contribution in [0.15, 0.2) is 65.6 Å². The van der Waals surface area contributed by atoms with Gasteiger partial charge in [-0.15, -0.1) is 0 Å². The standard InChI is InChI=1S/C25H26ClN3O4S/c1-3-13-27-34(31,32)18-10-12-24(21(26)15-18)33-16-25(30)28-17-9-11-23-20(14-17)19-7-5-6-8-22(19)29(23)4-2/h5-12,14-15,27H,3-4,13,16H2,1-2H3,(H,28,30). The third kappa shape index (κ3) is 4.89. The highest BCUT2D eigenvalue weighted by atomic mass is 35.5. The Kier molecular flexibility index (Phi) is 7.11. The van der Waals surface area contributed by atoms with E-state index in [0.717, 1.165) is 28.4 Å². The number of hydrogen-bond donors (Lipinski definition) is 2. The Morgan fingerprint density at radius 3 is 2.50 bits per heavy atom. The van der Waals surface area contributed by atoms with Crippen molar-refractivity contribution in [2.45, 2.75) is 31.7 Å². The van der Waals surface area contributed by atoms with Gasteiger partial charge in [-0.1, -0.05) is 36.7 Å². The Morgan fingerprint density at radius 2 is 1.76 bits per heavy atom. The zero-order valence-electron chi connectivity index (χ0n) is 19.0. The molecule has 9 heteroatoms. The summed E-state index contributed by atoms with van der Waals surface area (Å²) in [5, 5.41) is 5.15. The summed E-state index contributed by atoms with van der Waals surface area (Å²) in [6, 6.07) is 18.1. The maximum Gasteiger partial charge on any atom is 0.262 e. The highest BCUT2D eigenvalue weighted by Crippen LogP contribution is 2.31. The van der Waals surface area contributed by atoms with Crippen LogP contribution >= 0.6 is 11.6 Å². The minimum Gasteiger partial charge on any atom is -0.482 e. The number of nitrogens with zero attached hydrogens (tertiary/aromatic N) is 1. The molecule has 0 spiro atoms. The molecule has 0 bridgehead atoms. The summed E-state index contributed by atoms with van der Waals surface area (Å²) in [7, 11) is -3.64. The van der Waals surface area contributed by atoms with Crippen molar-refractivity contribution in [3.8, 4) is 5.75 Å². The summed E-state index contributed by atoms with van der Waals surface area (Å²) in [5.41, 5.74) is 2.92. The predicted octanol–water partition coefficient (Wildman–Crippen LogP) is 5.17. The first-order chi connectivity index (χ1) is 16.3. The number of halogens is 1. The minimum atomic E-state index is -3.64. The number of aromatic nitrogens is 1. The van der Waals surface area contributed by atoms with Crippen LogP contribution in [0.25, 0.3) is 21.8 Å². The maximum absolute atomic E-state index is 12.5. The molecule has 1 amide bonds. The number of para-hydroxylation sites is 1. The molecule has 3 aromatic carbocycles. The van der Waals surface area contributed by atoms with Gasteiger partial charge in [0.1, 0.15) is 5.75 Å². The van der Waals surface area contributed by atoms with Crippen molar-refractivity contribution in [1.82, 2.24) is 9.29 Å². The molecule has 0 saturated carbocycles. The average Bonchev–Trinajstić information content (AvgIpc) is 3.15. The predicted molar refractivity (Wildman–Crippen MR) is 136 cm³/mol. The number of carbonyl (C=O) groups is 1. The van der Waals surface area contributed by atoms with Gasteiger partial charge in [0, 0.05) is 40.6 Å². The van der Waals surface area contributed by atoms with E-state index >= 15 is 0 Å². The number of hydrogen-bond acceptors (Lipinski definition) is 4. The van der Waals surface area contributed by atoms with Gasteiger partial charge in [0.05, 0.1) is 9.92 Å². The van der Waals surface area contributed by atoms with Crippen LogP contribution in [0.2, 0.25) is 5.02 Å². The van der Waals surface area contributed by atoms with Crippen molar-refractivity contribution in [3.05, 3.63) is 65.7 Å². The molecule has 4 rings (SSSR count). The lowest BCUT2D eigenvalue weighted by Crippen LogP contribution is -2.24. The number of sulfonamides is 1. The van der Waals surface area contributed by atoms with Crippen molar-refractivity contribution in [1.29, 1.82) is 0 Å². The van der Waals surface area contributed by atoms with E-state index in [2.05, 4.69) is 33.7 Å². The van der Waals surface area contributed by atoms with E-state index in [9.17, 15) is 13.2 Å². The van der Waals surface area contributed by atoms with Gasteiger partial charge in [0.25, 0.3) is 5.91 Å². The van der Waals surface area contributed by atoms with Crippen LogP contribution in [0.1, 0.15) is 20.3 Å². The van der Waals surface area contributed by atoms with E-state index in [1.54, 1.807) is 0 Å². The molecule has 1 aromatic heterocycles. The summed E-state index contributed by atoms with van der Waals surface area (Å²) in [5.74, 6) is -0.122. The zero-order valence-corrected chi connectivity index (χ0v) is 20.5. The summed E-state index contributed by atoms with van der Waals surface area (Å²) in [4.78, 5) is 12.6. The second-order valence-corrected chi connectivity index (χ2v) is 9.99.